The largest absolute Gasteiger partial charge is 0.368 e. The normalized spacial score (nSPS) is 37.1. The molecule has 0 saturated heterocycles. The molecule has 0 bridgehead atoms. The van der Waals surface area contributed by atoms with E-state index < -0.39 is 5.54 Å². The van der Waals surface area contributed by atoms with E-state index in [1.807, 2.05) is 0 Å². The van der Waals surface area contributed by atoms with Crippen LogP contribution in [-0.2, 0) is 4.79 Å². The van der Waals surface area contributed by atoms with E-state index >= 15 is 0 Å². The summed E-state index contributed by atoms with van der Waals surface area (Å²) in [4.78, 5) is 14.4. The molecular weight excluding hydrogens is 250 g/mol. The van der Waals surface area contributed by atoms with Gasteiger partial charge in [0.2, 0.25) is 5.91 Å². The second kappa shape index (κ2) is 6.44. The number of nitrogens with two attached hydrogens (primary N) is 1. The molecule has 20 heavy (non-hydrogen) atoms. The Balaban J connectivity index is 1.95. The molecule has 2 rings (SSSR count). The van der Waals surface area contributed by atoms with Crippen LogP contribution in [-0.4, -0.2) is 42.5 Å². The van der Waals surface area contributed by atoms with Gasteiger partial charge < -0.3 is 16.0 Å². The Morgan fingerprint density at radius 3 is 2.75 bits per heavy atom. The summed E-state index contributed by atoms with van der Waals surface area (Å²) in [6.45, 7) is 6.51. The average Bonchev–Trinajstić information content (AvgIpc) is 3.11. The van der Waals surface area contributed by atoms with Crippen molar-refractivity contribution in [2.45, 2.75) is 64.0 Å². The summed E-state index contributed by atoms with van der Waals surface area (Å²) >= 11 is 0. The summed E-state index contributed by atoms with van der Waals surface area (Å²) in [6, 6.07) is 0.494. The molecule has 0 aromatic rings. The third kappa shape index (κ3) is 3.53. The highest BCUT2D eigenvalue weighted by molar-refractivity contribution is 5.84. The lowest BCUT2D eigenvalue weighted by Crippen LogP contribution is -2.60. The van der Waals surface area contributed by atoms with E-state index in [9.17, 15) is 4.79 Å². The van der Waals surface area contributed by atoms with Gasteiger partial charge in [0.1, 0.15) is 0 Å². The Kier molecular flexibility index (Phi) is 5.08. The van der Waals surface area contributed by atoms with Crippen LogP contribution in [0.5, 0.6) is 0 Å². The van der Waals surface area contributed by atoms with Crippen LogP contribution >= 0.6 is 0 Å². The summed E-state index contributed by atoms with van der Waals surface area (Å²) < 4.78 is 0. The third-order valence-electron chi connectivity index (χ3n) is 5.33. The van der Waals surface area contributed by atoms with Gasteiger partial charge in [0.15, 0.2) is 0 Å². The number of hydrogen-bond donors (Lipinski definition) is 2. The van der Waals surface area contributed by atoms with Crippen LogP contribution in [0.25, 0.3) is 0 Å². The van der Waals surface area contributed by atoms with Gasteiger partial charge in [-0.1, -0.05) is 13.8 Å². The molecule has 116 valence electrons. The van der Waals surface area contributed by atoms with Crippen molar-refractivity contribution in [2.24, 2.45) is 17.6 Å². The molecule has 0 heterocycles. The minimum atomic E-state index is -0.470. The van der Waals surface area contributed by atoms with Crippen molar-refractivity contribution in [1.29, 1.82) is 0 Å². The van der Waals surface area contributed by atoms with Gasteiger partial charge in [0, 0.05) is 12.6 Å². The Bertz CT molecular complexity index is 347. The summed E-state index contributed by atoms with van der Waals surface area (Å²) in [7, 11) is 2.21. The van der Waals surface area contributed by atoms with E-state index in [-0.39, 0.29) is 5.91 Å². The van der Waals surface area contributed by atoms with Crippen LogP contribution in [0.1, 0.15) is 52.4 Å². The van der Waals surface area contributed by atoms with Gasteiger partial charge in [-0.3, -0.25) is 4.79 Å². The maximum absolute atomic E-state index is 12.0. The number of nitrogens with one attached hydrogen (secondary N) is 1. The van der Waals surface area contributed by atoms with Crippen molar-refractivity contribution in [3.05, 3.63) is 0 Å². The molecule has 2 fully saturated rings. The summed E-state index contributed by atoms with van der Waals surface area (Å²) in [5, 5.41) is 3.45. The number of hydrogen-bond acceptors (Lipinski definition) is 3. The lowest BCUT2D eigenvalue weighted by atomic mass is 9.77. The van der Waals surface area contributed by atoms with Crippen molar-refractivity contribution in [3.8, 4) is 0 Å². The third-order valence-corrected chi connectivity index (χ3v) is 5.33. The zero-order valence-electron chi connectivity index (χ0n) is 13.3. The first-order valence-corrected chi connectivity index (χ1v) is 8.23. The first-order chi connectivity index (χ1) is 9.48. The van der Waals surface area contributed by atoms with Gasteiger partial charge in [0.25, 0.3) is 0 Å². The molecule has 3 N–H and O–H groups in total. The number of nitrogens with zero attached hydrogens (tertiary/aromatic N) is 1. The number of carbonyl (C=O) groups is 1. The standard InChI is InChI=1S/C16H31N3O/c1-4-8-18-16(15(17)20)7-5-6-14(10-16)19(3)11-13-9-12(13)2/h12-14,18H,4-11H2,1-3H3,(H2,17,20). The molecule has 2 aliphatic rings. The van der Waals surface area contributed by atoms with Gasteiger partial charge in [-0.25, -0.2) is 0 Å². The quantitative estimate of drug-likeness (QED) is 0.747. The maximum Gasteiger partial charge on any atom is 0.237 e. The molecule has 4 heteroatoms. The average molecular weight is 281 g/mol. The molecule has 0 aliphatic heterocycles. The lowest BCUT2D eigenvalue weighted by Gasteiger charge is -2.42. The molecule has 0 aromatic carbocycles. The Morgan fingerprint density at radius 1 is 1.50 bits per heavy atom. The monoisotopic (exact) mass is 281 g/mol. The number of rotatable bonds is 7. The summed E-state index contributed by atoms with van der Waals surface area (Å²) in [5.41, 5.74) is 5.25. The van der Waals surface area contributed by atoms with Crippen LogP contribution in [0.4, 0.5) is 0 Å². The molecule has 4 nitrogen and oxygen atoms in total. The van der Waals surface area contributed by atoms with Crippen LogP contribution in [0.2, 0.25) is 0 Å². The second-order valence-electron chi connectivity index (χ2n) is 7.04. The predicted octanol–water partition coefficient (Wildman–Crippen LogP) is 1.74. The fourth-order valence-corrected chi connectivity index (χ4v) is 3.63. The minimum absolute atomic E-state index is 0.163. The maximum atomic E-state index is 12.0. The van der Waals surface area contributed by atoms with Gasteiger partial charge >= 0.3 is 0 Å². The van der Waals surface area contributed by atoms with Gasteiger partial charge in [-0.15, -0.1) is 0 Å². The highest BCUT2D eigenvalue weighted by Crippen LogP contribution is 2.39. The lowest BCUT2D eigenvalue weighted by molar-refractivity contribution is -0.126. The van der Waals surface area contributed by atoms with Crippen molar-refractivity contribution in [1.82, 2.24) is 10.2 Å². The Labute approximate surface area is 123 Å². The molecule has 0 spiro atoms. The molecule has 1 amide bonds. The van der Waals surface area contributed by atoms with Crippen molar-refractivity contribution in [2.75, 3.05) is 20.1 Å². The molecule has 4 atom stereocenters. The summed E-state index contributed by atoms with van der Waals surface area (Å²) in [6.07, 6.45) is 6.46. The molecule has 2 saturated carbocycles. The van der Waals surface area contributed by atoms with Gasteiger partial charge in [0.05, 0.1) is 5.54 Å². The van der Waals surface area contributed by atoms with E-state index in [4.69, 9.17) is 5.73 Å². The number of carbonyl (C=O) groups excluding carboxylic acids is 1. The molecular formula is C16H31N3O. The predicted molar refractivity (Wildman–Crippen MR) is 82.4 cm³/mol. The zero-order chi connectivity index (χ0) is 14.8. The smallest absolute Gasteiger partial charge is 0.237 e. The van der Waals surface area contributed by atoms with Crippen molar-refractivity contribution >= 4 is 5.91 Å². The van der Waals surface area contributed by atoms with E-state index in [1.165, 1.54) is 19.4 Å². The van der Waals surface area contributed by atoms with E-state index in [1.54, 1.807) is 0 Å². The molecule has 2 aliphatic carbocycles. The zero-order valence-corrected chi connectivity index (χ0v) is 13.3. The van der Waals surface area contributed by atoms with E-state index in [0.717, 1.165) is 44.1 Å². The van der Waals surface area contributed by atoms with Crippen LogP contribution in [0.15, 0.2) is 0 Å². The fraction of sp³-hybridized carbons (Fsp3) is 0.938. The fourth-order valence-electron chi connectivity index (χ4n) is 3.63. The van der Waals surface area contributed by atoms with Crippen LogP contribution in [0, 0.1) is 11.8 Å². The number of amides is 1. The van der Waals surface area contributed by atoms with Crippen LogP contribution < -0.4 is 11.1 Å². The first kappa shape index (κ1) is 15.8. The van der Waals surface area contributed by atoms with E-state index in [0.29, 0.717) is 6.04 Å². The van der Waals surface area contributed by atoms with E-state index in [2.05, 4.69) is 31.1 Å². The van der Waals surface area contributed by atoms with Crippen molar-refractivity contribution in [3.63, 3.8) is 0 Å². The second-order valence-corrected chi connectivity index (χ2v) is 7.04. The molecule has 4 unspecified atom stereocenters. The number of primary amides is 1. The Morgan fingerprint density at radius 2 is 2.20 bits per heavy atom. The topological polar surface area (TPSA) is 58.4 Å². The molecule has 0 aromatic heterocycles. The van der Waals surface area contributed by atoms with Crippen LogP contribution in [0.3, 0.4) is 0 Å². The van der Waals surface area contributed by atoms with Gasteiger partial charge in [-0.05, 0) is 64.0 Å². The minimum Gasteiger partial charge on any atom is -0.368 e. The Hall–Kier alpha value is -0.610. The first-order valence-electron chi connectivity index (χ1n) is 8.23. The molecule has 0 radical (unpaired) electrons. The van der Waals surface area contributed by atoms with Gasteiger partial charge in [-0.2, -0.15) is 0 Å². The SMILES string of the molecule is CCCNC1(C(N)=O)CCCC(N(C)CC2CC2C)C1. The highest BCUT2D eigenvalue weighted by Gasteiger charge is 2.43. The summed E-state index contributed by atoms with van der Waals surface area (Å²) in [5.74, 6) is 1.59. The highest BCUT2D eigenvalue weighted by atomic mass is 16.1. The van der Waals surface area contributed by atoms with Crippen molar-refractivity contribution < 1.29 is 4.79 Å².